The molecule has 102 valence electrons. The average molecular weight is 263 g/mol. The average Bonchev–Trinajstić information content (AvgIpc) is 2.79. The smallest absolute Gasteiger partial charge is 0.0486 e. The summed E-state index contributed by atoms with van der Waals surface area (Å²) in [5.74, 6) is 0. The van der Waals surface area contributed by atoms with E-state index in [0.29, 0.717) is 0 Å². The maximum Gasteiger partial charge on any atom is 0.0486 e. The molecular formula is C19H21N. The van der Waals surface area contributed by atoms with E-state index < -0.39 is 0 Å². The summed E-state index contributed by atoms with van der Waals surface area (Å²) in [5.41, 5.74) is 4.25. The molecular weight excluding hydrogens is 242 g/mol. The van der Waals surface area contributed by atoms with E-state index >= 15 is 0 Å². The van der Waals surface area contributed by atoms with Crippen molar-refractivity contribution in [3.8, 4) is 0 Å². The van der Waals surface area contributed by atoms with Gasteiger partial charge >= 0.3 is 0 Å². The van der Waals surface area contributed by atoms with E-state index in [4.69, 9.17) is 0 Å². The van der Waals surface area contributed by atoms with Crippen molar-refractivity contribution in [1.29, 1.82) is 0 Å². The molecule has 0 atom stereocenters. The molecule has 3 rings (SSSR count). The third kappa shape index (κ3) is 2.36. The molecule has 1 aromatic heterocycles. The summed E-state index contributed by atoms with van der Waals surface area (Å²) in [7, 11) is 0. The van der Waals surface area contributed by atoms with Crippen LogP contribution in [-0.2, 0) is 12.0 Å². The molecule has 3 aromatic rings. The van der Waals surface area contributed by atoms with E-state index in [9.17, 15) is 0 Å². The van der Waals surface area contributed by atoms with Crippen molar-refractivity contribution >= 4 is 10.9 Å². The minimum Gasteiger partial charge on any atom is -0.343 e. The second-order valence-electron chi connectivity index (χ2n) is 6.42. The van der Waals surface area contributed by atoms with Crippen molar-refractivity contribution in [2.24, 2.45) is 0 Å². The standard InChI is InChI=1S/C19H21N/c1-19(2,3)17-14-20(13-15-9-5-4-6-10-15)18-12-8-7-11-16(17)18/h4-12,14H,13H2,1-3H3. The summed E-state index contributed by atoms with van der Waals surface area (Å²) in [6.07, 6.45) is 2.32. The minimum absolute atomic E-state index is 0.168. The summed E-state index contributed by atoms with van der Waals surface area (Å²) in [6.45, 7) is 7.77. The van der Waals surface area contributed by atoms with E-state index in [2.05, 4.69) is 86.1 Å². The van der Waals surface area contributed by atoms with Crippen molar-refractivity contribution < 1.29 is 0 Å². The lowest BCUT2D eigenvalue weighted by Gasteiger charge is -2.17. The predicted octanol–water partition coefficient (Wildman–Crippen LogP) is 4.99. The third-order valence-electron chi connectivity index (χ3n) is 3.79. The number of rotatable bonds is 2. The number of hydrogen-bond donors (Lipinski definition) is 0. The molecule has 0 radical (unpaired) electrons. The first-order chi connectivity index (χ1) is 9.55. The predicted molar refractivity (Wildman–Crippen MR) is 86.2 cm³/mol. The molecule has 20 heavy (non-hydrogen) atoms. The van der Waals surface area contributed by atoms with Gasteiger partial charge < -0.3 is 4.57 Å². The molecule has 0 aliphatic carbocycles. The van der Waals surface area contributed by atoms with Crippen LogP contribution in [0.2, 0.25) is 0 Å². The zero-order chi connectivity index (χ0) is 14.2. The summed E-state index contributed by atoms with van der Waals surface area (Å²) in [5, 5.41) is 1.37. The molecule has 0 aliphatic rings. The van der Waals surface area contributed by atoms with Crippen LogP contribution in [0.15, 0.2) is 60.8 Å². The Morgan fingerprint density at radius 2 is 1.50 bits per heavy atom. The molecule has 0 bridgehead atoms. The lowest BCUT2D eigenvalue weighted by molar-refractivity contribution is 0.592. The summed E-state index contributed by atoms with van der Waals surface area (Å²) < 4.78 is 2.37. The molecule has 0 unspecified atom stereocenters. The Morgan fingerprint density at radius 3 is 2.20 bits per heavy atom. The van der Waals surface area contributed by atoms with Gasteiger partial charge in [0.1, 0.15) is 0 Å². The number of para-hydroxylation sites is 1. The molecule has 1 heteroatoms. The van der Waals surface area contributed by atoms with Crippen molar-refractivity contribution in [2.45, 2.75) is 32.7 Å². The van der Waals surface area contributed by atoms with Crippen molar-refractivity contribution in [1.82, 2.24) is 4.57 Å². The molecule has 0 amide bonds. The van der Waals surface area contributed by atoms with E-state index in [1.165, 1.54) is 22.0 Å². The Hall–Kier alpha value is -2.02. The fraction of sp³-hybridized carbons (Fsp3) is 0.263. The molecule has 0 aliphatic heterocycles. The van der Waals surface area contributed by atoms with Gasteiger partial charge in [-0.3, -0.25) is 0 Å². The maximum atomic E-state index is 2.37. The first-order valence-corrected chi connectivity index (χ1v) is 7.18. The molecule has 0 N–H and O–H groups in total. The highest BCUT2D eigenvalue weighted by Gasteiger charge is 2.19. The van der Waals surface area contributed by atoms with Gasteiger partial charge in [-0.1, -0.05) is 69.3 Å². The Bertz CT molecular complexity index is 714. The number of benzene rings is 2. The van der Waals surface area contributed by atoms with Crippen LogP contribution >= 0.6 is 0 Å². The van der Waals surface area contributed by atoms with Gasteiger partial charge in [-0.15, -0.1) is 0 Å². The number of aromatic nitrogens is 1. The van der Waals surface area contributed by atoms with Crippen LogP contribution in [0, 0.1) is 0 Å². The lowest BCUT2D eigenvalue weighted by atomic mass is 9.87. The quantitative estimate of drug-likeness (QED) is 0.614. The molecule has 0 saturated heterocycles. The first-order valence-electron chi connectivity index (χ1n) is 7.18. The number of nitrogens with zero attached hydrogens (tertiary/aromatic N) is 1. The van der Waals surface area contributed by atoms with Crippen molar-refractivity contribution in [3.05, 3.63) is 71.9 Å². The Morgan fingerprint density at radius 1 is 0.850 bits per heavy atom. The number of hydrogen-bond acceptors (Lipinski definition) is 0. The van der Waals surface area contributed by atoms with Crippen LogP contribution in [-0.4, -0.2) is 4.57 Å². The maximum absolute atomic E-state index is 2.37. The molecule has 0 fully saturated rings. The fourth-order valence-electron chi connectivity index (χ4n) is 2.76. The van der Waals surface area contributed by atoms with Gasteiger partial charge in [0.2, 0.25) is 0 Å². The largest absolute Gasteiger partial charge is 0.343 e. The van der Waals surface area contributed by atoms with Crippen molar-refractivity contribution in [3.63, 3.8) is 0 Å². The fourth-order valence-corrected chi connectivity index (χ4v) is 2.76. The highest BCUT2D eigenvalue weighted by Crippen LogP contribution is 2.31. The van der Waals surface area contributed by atoms with Crippen LogP contribution in [0.25, 0.3) is 10.9 Å². The summed E-state index contributed by atoms with van der Waals surface area (Å²) >= 11 is 0. The van der Waals surface area contributed by atoms with Crippen molar-refractivity contribution in [2.75, 3.05) is 0 Å². The Kier molecular flexibility index (Phi) is 3.13. The lowest BCUT2D eigenvalue weighted by Crippen LogP contribution is -2.10. The van der Waals surface area contributed by atoms with Gasteiger partial charge in [0.25, 0.3) is 0 Å². The zero-order valence-corrected chi connectivity index (χ0v) is 12.4. The normalized spacial score (nSPS) is 11.9. The van der Waals surface area contributed by atoms with Gasteiger partial charge in [0.05, 0.1) is 0 Å². The molecule has 2 aromatic carbocycles. The SMILES string of the molecule is CC(C)(C)c1cn(Cc2ccccc2)c2ccccc12. The van der Waals surface area contributed by atoms with Gasteiger partial charge in [-0.2, -0.15) is 0 Å². The monoisotopic (exact) mass is 263 g/mol. The zero-order valence-electron chi connectivity index (χ0n) is 12.4. The van der Waals surface area contributed by atoms with Gasteiger partial charge in [0, 0.05) is 23.6 Å². The van der Waals surface area contributed by atoms with Crippen LogP contribution < -0.4 is 0 Å². The van der Waals surface area contributed by atoms with Gasteiger partial charge in [-0.25, -0.2) is 0 Å². The van der Waals surface area contributed by atoms with E-state index in [0.717, 1.165) is 6.54 Å². The van der Waals surface area contributed by atoms with E-state index in [1.54, 1.807) is 0 Å². The van der Waals surface area contributed by atoms with E-state index in [-0.39, 0.29) is 5.41 Å². The van der Waals surface area contributed by atoms with Crippen LogP contribution in [0.4, 0.5) is 0 Å². The number of fused-ring (bicyclic) bond motifs is 1. The minimum atomic E-state index is 0.168. The molecule has 0 spiro atoms. The van der Waals surface area contributed by atoms with Crippen LogP contribution in [0.5, 0.6) is 0 Å². The van der Waals surface area contributed by atoms with Crippen LogP contribution in [0.1, 0.15) is 31.9 Å². The Labute approximate surface area is 120 Å². The van der Waals surface area contributed by atoms with Gasteiger partial charge in [-0.05, 0) is 22.6 Å². The Balaban J connectivity index is 2.12. The van der Waals surface area contributed by atoms with E-state index in [1.807, 2.05) is 0 Å². The molecule has 0 saturated carbocycles. The highest BCUT2D eigenvalue weighted by molar-refractivity contribution is 5.85. The summed E-state index contributed by atoms with van der Waals surface area (Å²) in [6, 6.07) is 19.3. The van der Waals surface area contributed by atoms with Crippen LogP contribution in [0.3, 0.4) is 0 Å². The second-order valence-corrected chi connectivity index (χ2v) is 6.42. The second kappa shape index (κ2) is 4.82. The highest BCUT2D eigenvalue weighted by atomic mass is 15.0. The summed E-state index contributed by atoms with van der Waals surface area (Å²) in [4.78, 5) is 0. The third-order valence-corrected chi connectivity index (χ3v) is 3.79. The molecule has 1 nitrogen and oxygen atoms in total. The topological polar surface area (TPSA) is 4.93 Å². The first kappa shape index (κ1) is 13.0. The van der Waals surface area contributed by atoms with Gasteiger partial charge in [0.15, 0.2) is 0 Å². The molecule has 1 heterocycles.